The van der Waals surface area contributed by atoms with Crippen molar-refractivity contribution in [2.45, 2.75) is 31.9 Å². The third-order valence-electron chi connectivity index (χ3n) is 3.37. The van der Waals surface area contributed by atoms with Crippen LogP contribution in [0.1, 0.15) is 26.2 Å². The average molecular weight is 157 g/mol. The molecule has 1 nitrogen and oxygen atoms in total. The fourth-order valence-electron chi connectivity index (χ4n) is 2.58. The van der Waals surface area contributed by atoms with Crippen LogP contribution in [-0.4, -0.2) is 18.8 Å². The van der Waals surface area contributed by atoms with E-state index >= 15 is 0 Å². The highest BCUT2D eigenvalue weighted by Crippen LogP contribution is 2.45. The summed E-state index contributed by atoms with van der Waals surface area (Å²) >= 11 is 0. The fraction of sp³-hybridized carbons (Fsp3) is 1.00. The number of nitrogens with one attached hydrogen (secondary N) is 1. The molecule has 0 radical (unpaired) electrons. The molecule has 1 N–H and O–H groups in total. The Bertz CT molecular complexity index is 146. The van der Waals surface area contributed by atoms with E-state index in [9.17, 15) is 4.39 Å². The monoisotopic (exact) mass is 157 g/mol. The quantitative estimate of drug-likeness (QED) is 0.611. The van der Waals surface area contributed by atoms with Crippen LogP contribution in [0.15, 0.2) is 0 Å². The first-order valence-electron chi connectivity index (χ1n) is 4.63. The molecule has 2 fully saturated rings. The molecule has 0 amide bonds. The van der Waals surface area contributed by atoms with Crippen LogP contribution in [0.5, 0.6) is 0 Å². The molecular weight excluding hydrogens is 141 g/mol. The van der Waals surface area contributed by atoms with Crippen LogP contribution in [0.4, 0.5) is 4.39 Å². The van der Waals surface area contributed by atoms with Gasteiger partial charge in [0.2, 0.25) is 0 Å². The summed E-state index contributed by atoms with van der Waals surface area (Å²) in [5.74, 6) is 1.28. The van der Waals surface area contributed by atoms with Gasteiger partial charge in [-0.2, -0.15) is 0 Å². The topological polar surface area (TPSA) is 12.0 Å². The number of rotatable bonds is 1. The summed E-state index contributed by atoms with van der Waals surface area (Å²) in [6.45, 7) is 4.07. The van der Waals surface area contributed by atoms with Gasteiger partial charge in [-0.3, -0.25) is 0 Å². The lowest BCUT2D eigenvalue weighted by Crippen LogP contribution is -2.22. The van der Waals surface area contributed by atoms with Crippen LogP contribution in [0.2, 0.25) is 0 Å². The molecule has 2 heteroatoms. The predicted octanol–water partition coefficient (Wildman–Crippen LogP) is 1.73. The minimum atomic E-state index is -0.808. The van der Waals surface area contributed by atoms with Gasteiger partial charge in [-0.25, -0.2) is 4.39 Å². The van der Waals surface area contributed by atoms with Crippen LogP contribution in [0.25, 0.3) is 0 Å². The van der Waals surface area contributed by atoms with E-state index in [1.54, 1.807) is 0 Å². The summed E-state index contributed by atoms with van der Waals surface area (Å²) in [6.07, 6.45) is 2.32. The van der Waals surface area contributed by atoms with Gasteiger partial charge in [-0.15, -0.1) is 0 Å². The summed E-state index contributed by atoms with van der Waals surface area (Å²) in [4.78, 5) is 0. The molecule has 2 atom stereocenters. The molecule has 64 valence electrons. The Balaban J connectivity index is 2.04. The second-order valence-corrected chi connectivity index (χ2v) is 4.09. The van der Waals surface area contributed by atoms with Gasteiger partial charge in [0.15, 0.2) is 0 Å². The van der Waals surface area contributed by atoms with E-state index < -0.39 is 5.67 Å². The number of alkyl halides is 1. The van der Waals surface area contributed by atoms with E-state index in [2.05, 4.69) is 5.32 Å². The first-order chi connectivity index (χ1) is 5.23. The fourth-order valence-corrected chi connectivity index (χ4v) is 2.58. The zero-order valence-corrected chi connectivity index (χ0v) is 7.07. The SMILES string of the molecule is CCC1(F)CC2CNCC2C1. The highest BCUT2D eigenvalue weighted by molar-refractivity contribution is 4.98. The molecule has 0 aromatic heterocycles. The Morgan fingerprint density at radius 2 is 1.91 bits per heavy atom. The Labute approximate surface area is 67.4 Å². The molecule has 1 aliphatic heterocycles. The summed E-state index contributed by atoms with van der Waals surface area (Å²) in [7, 11) is 0. The van der Waals surface area contributed by atoms with Crippen molar-refractivity contribution in [1.29, 1.82) is 0 Å². The van der Waals surface area contributed by atoms with Crippen LogP contribution in [0.3, 0.4) is 0 Å². The van der Waals surface area contributed by atoms with E-state index in [0.717, 1.165) is 25.9 Å². The maximum atomic E-state index is 13.7. The van der Waals surface area contributed by atoms with Crippen LogP contribution in [-0.2, 0) is 0 Å². The smallest absolute Gasteiger partial charge is 0.111 e. The molecule has 0 spiro atoms. The van der Waals surface area contributed by atoms with Crippen molar-refractivity contribution in [2.75, 3.05) is 13.1 Å². The van der Waals surface area contributed by atoms with E-state index in [4.69, 9.17) is 0 Å². The molecule has 1 saturated heterocycles. The van der Waals surface area contributed by atoms with Crippen molar-refractivity contribution in [3.63, 3.8) is 0 Å². The van der Waals surface area contributed by atoms with Crippen molar-refractivity contribution in [3.05, 3.63) is 0 Å². The van der Waals surface area contributed by atoms with Gasteiger partial charge in [0.05, 0.1) is 0 Å². The van der Waals surface area contributed by atoms with Crippen molar-refractivity contribution in [1.82, 2.24) is 5.32 Å². The van der Waals surface area contributed by atoms with Gasteiger partial charge >= 0.3 is 0 Å². The van der Waals surface area contributed by atoms with E-state index in [0.29, 0.717) is 18.3 Å². The maximum Gasteiger partial charge on any atom is 0.111 e. The normalized spacial score (nSPS) is 49.6. The van der Waals surface area contributed by atoms with Gasteiger partial charge < -0.3 is 5.32 Å². The summed E-state index contributed by atoms with van der Waals surface area (Å²) in [5.41, 5.74) is -0.808. The molecule has 0 aromatic rings. The molecule has 2 unspecified atom stereocenters. The van der Waals surface area contributed by atoms with Gasteiger partial charge in [0.1, 0.15) is 5.67 Å². The zero-order chi connectivity index (χ0) is 7.90. The van der Waals surface area contributed by atoms with Crippen molar-refractivity contribution >= 4 is 0 Å². The highest BCUT2D eigenvalue weighted by atomic mass is 19.1. The minimum Gasteiger partial charge on any atom is -0.316 e. The Hall–Kier alpha value is -0.110. The Morgan fingerprint density at radius 1 is 1.36 bits per heavy atom. The van der Waals surface area contributed by atoms with E-state index in [1.807, 2.05) is 6.92 Å². The molecule has 1 heterocycles. The highest BCUT2D eigenvalue weighted by Gasteiger charge is 2.46. The first-order valence-corrected chi connectivity index (χ1v) is 4.63. The third-order valence-corrected chi connectivity index (χ3v) is 3.37. The molecule has 2 aliphatic rings. The van der Waals surface area contributed by atoms with E-state index in [-0.39, 0.29) is 0 Å². The van der Waals surface area contributed by atoms with Crippen molar-refractivity contribution < 1.29 is 4.39 Å². The first kappa shape index (κ1) is 7.53. The number of fused-ring (bicyclic) bond motifs is 1. The molecule has 11 heavy (non-hydrogen) atoms. The maximum absolute atomic E-state index is 13.7. The molecule has 0 bridgehead atoms. The predicted molar refractivity (Wildman–Crippen MR) is 43.2 cm³/mol. The average Bonchev–Trinajstić information content (AvgIpc) is 2.46. The molecule has 1 aliphatic carbocycles. The Morgan fingerprint density at radius 3 is 2.36 bits per heavy atom. The second kappa shape index (κ2) is 2.44. The van der Waals surface area contributed by atoms with Crippen molar-refractivity contribution in [3.8, 4) is 0 Å². The zero-order valence-electron chi connectivity index (χ0n) is 7.07. The third kappa shape index (κ3) is 1.18. The van der Waals surface area contributed by atoms with Crippen LogP contribution >= 0.6 is 0 Å². The molecular formula is C9H16FN. The lowest BCUT2D eigenvalue weighted by atomic mass is 9.99. The van der Waals surface area contributed by atoms with E-state index in [1.165, 1.54) is 0 Å². The van der Waals surface area contributed by atoms with Crippen LogP contribution < -0.4 is 5.32 Å². The number of halogens is 1. The van der Waals surface area contributed by atoms with Gasteiger partial charge in [-0.05, 0) is 44.2 Å². The summed E-state index contributed by atoms with van der Waals surface area (Å²) in [5, 5.41) is 3.32. The molecule has 0 aromatic carbocycles. The lowest BCUT2D eigenvalue weighted by molar-refractivity contribution is 0.154. The van der Waals surface area contributed by atoms with Gasteiger partial charge in [0, 0.05) is 0 Å². The summed E-state index contributed by atoms with van der Waals surface area (Å²) < 4.78 is 13.7. The second-order valence-electron chi connectivity index (χ2n) is 4.09. The largest absolute Gasteiger partial charge is 0.316 e. The Kier molecular flexibility index (Phi) is 1.67. The van der Waals surface area contributed by atoms with Gasteiger partial charge in [-0.1, -0.05) is 6.92 Å². The molecule has 2 rings (SSSR count). The van der Waals surface area contributed by atoms with Crippen molar-refractivity contribution in [2.24, 2.45) is 11.8 Å². The minimum absolute atomic E-state index is 0.639. The lowest BCUT2D eigenvalue weighted by Gasteiger charge is -2.17. The van der Waals surface area contributed by atoms with Gasteiger partial charge in [0.25, 0.3) is 0 Å². The molecule has 1 saturated carbocycles. The number of hydrogen-bond donors (Lipinski definition) is 1. The number of hydrogen-bond acceptors (Lipinski definition) is 1. The summed E-state index contributed by atoms with van der Waals surface area (Å²) in [6, 6.07) is 0. The van der Waals surface area contributed by atoms with Crippen LogP contribution in [0, 0.1) is 11.8 Å². The standard InChI is InChI=1S/C9H16FN/c1-2-9(10)3-7-5-11-6-8(7)4-9/h7-8,11H,2-6H2,1H3.